The van der Waals surface area contributed by atoms with E-state index in [0.29, 0.717) is 38.4 Å². The van der Waals surface area contributed by atoms with E-state index in [-0.39, 0.29) is 42.4 Å². The second kappa shape index (κ2) is 11.6. The summed E-state index contributed by atoms with van der Waals surface area (Å²) in [5.74, 6) is -0.0174. The van der Waals surface area contributed by atoms with Crippen molar-refractivity contribution >= 4 is 17.9 Å². The maximum absolute atomic E-state index is 13.3. The van der Waals surface area contributed by atoms with Gasteiger partial charge in [0.15, 0.2) is 0 Å². The van der Waals surface area contributed by atoms with Gasteiger partial charge in [0.05, 0.1) is 39.0 Å². The molecule has 1 N–H and O–H groups in total. The molecule has 33 heavy (non-hydrogen) atoms. The van der Waals surface area contributed by atoms with Crippen molar-refractivity contribution in [2.45, 2.75) is 32.9 Å². The predicted octanol–water partition coefficient (Wildman–Crippen LogP) is 1.13. The molecule has 0 radical (unpaired) electrons. The molecule has 9 heteroatoms. The van der Waals surface area contributed by atoms with Crippen LogP contribution in [-0.2, 0) is 9.53 Å². The number of rotatable bonds is 7. The standard InChI is InChI=1S/C24H36N4O5/c1-5-6-19-11-20-23(25-12-19)33-21(17(2)13-28(24(20)31)18(3)16-29)14-26(4)22(30)15-27-7-9-32-10-8-27/h5-6,11-12,17-18,21,29H,7-10,13-16H2,1-4H3/b6-5+/t17-,18+,21-/m0/s1. The van der Waals surface area contributed by atoms with Gasteiger partial charge in [-0.25, -0.2) is 4.98 Å². The van der Waals surface area contributed by atoms with E-state index in [2.05, 4.69) is 9.88 Å². The number of nitrogens with zero attached hydrogens (tertiary/aromatic N) is 4. The molecule has 0 unspecified atom stereocenters. The quantitative estimate of drug-likeness (QED) is 0.652. The number of carbonyl (C=O) groups excluding carboxylic acids is 2. The zero-order valence-corrected chi connectivity index (χ0v) is 20.1. The Morgan fingerprint density at radius 3 is 2.79 bits per heavy atom. The van der Waals surface area contributed by atoms with Crippen LogP contribution in [0.25, 0.3) is 6.08 Å². The van der Waals surface area contributed by atoms with Gasteiger partial charge in [0.1, 0.15) is 11.7 Å². The summed E-state index contributed by atoms with van der Waals surface area (Å²) in [4.78, 5) is 36.1. The third-order valence-electron chi connectivity index (χ3n) is 6.24. The van der Waals surface area contributed by atoms with Crippen LogP contribution in [0.15, 0.2) is 18.3 Å². The number of fused-ring (bicyclic) bond motifs is 1. The Balaban J connectivity index is 1.82. The minimum atomic E-state index is -0.357. The minimum Gasteiger partial charge on any atom is -0.472 e. The monoisotopic (exact) mass is 460 g/mol. The molecule has 9 nitrogen and oxygen atoms in total. The van der Waals surface area contributed by atoms with Crippen LogP contribution in [0, 0.1) is 5.92 Å². The summed E-state index contributed by atoms with van der Waals surface area (Å²) in [6.45, 7) is 9.48. The first-order chi connectivity index (χ1) is 15.8. The highest BCUT2D eigenvalue weighted by Gasteiger charge is 2.34. The summed E-state index contributed by atoms with van der Waals surface area (Å²) < 4.78 is 11.6. The van der Waals surface area contributed by atoms with Crippen molar-refractivity contribution in [2.24, 2.45) is 5.92 Å². The fourth-order valence-corrected chi connectivity index (χ4v) is 4.06. The number of hydrogen-bond donors (Lipinski definition) is 1. The number of aromatic nitrogens is 1. The summed E-state index contributed by atoms with van der Waals surface area (Å²) in [6.07, 6.45) is 5.06. The number of likely N-dealkylation sites (N-methyl/N-ethyl adjacent to an activating group) is 1. The van der Waals surface area contributed by atoms with Gasteiger partial charge in [0.25, 0.3) is 5.91 Å². The largest absolute Gasteiger partial charge is 0.472 e. The maximum atomic E-state index is 13.3. The highest BCUT2D eigenvalue weighted by atomic mass is 16.5. The average Bonchev–Trinajstić information content (AvgIpc) is 2.82. The van der Waals surface area contributed by atoms with Crippen molar-refractivity contribution in [1.29, 1.82) is 0 Å². The number of amides is 2. The molecule has 2 amide bonds. The topological polar surface area (TPSA) is 95.4 Å². The number of pyridine rings is 1. The zero-order valence-electron chi connectivity index (χ0n) is 20.1. The fraction of sp³-hybridized carbons (Fsp3) is 0.625. The van der Waals surface area contributed by atoms with E-state index in [9.17, 15) is 14.7 Å². The van der Waals surface area contributed by atoms with Crippen LogP contribution >= 0.6 is 0 Å². The maximum Gasteiger partial charge on any atom is 0.259 e. The number of ether oxygens (including phenoxy) is 2. The molecule has 182 valence electrons. The van der Waals surface area contributed by atoms with Crippen molar-refractivity contribution < 1.29 is 24.2 Å². The Hall–Kier alpha value is -2.49. The molecule has 1 aromatic rings. The van der Waals surface area contributed by atoms with Crippen molar-refractivity contribution in [1.82, 2.24) is 19.7 Å². The van der Waals surface area contributed by atoms with Crippen LogP contribution in [-0.4, -0.2) is 108 Å². The van der Waals surface area contributed by atoms with Crippen LogP contribution < -0.4 is 4.74 Å². The normalized spacial score (nSPS) is 22.9. The summed E-state index contributed by atoms with van der Waals surface area (Å²) in [5, 5.41) is 9.76. The third-order valence-corrected chi connectivity index (χ3v) is 6.24. The lowest BCUT2D eigenvalue weighted by molar-refractivity contribution is -0.133. The molecule has 3 atom stereocenters. The molecule has 2 aliphatic rings. The Morgan fingerprint density at radius 2 is 2.12 bits per heavy atom. The molecule has 0 bridgehead atoms. The summed E-state index contributed by atoms with van der Waals surface area (Å²) in [6, 6.07) is 1.42. The summed E-state index contributed by atoms with van der Waals surface area (Å²) >= 11 is 0. The first kappa shape index (κ1) is 25.1. The van der Waals surface area contributed by atoms with Gasteiger partial charge in [0.2, 0.25) is 11.8 Å². The van der Waals surface area contributed by atoms with Crippen molar-refractivity contribution in [3.05, 3.63) is 29.5 Å². The van der Waals surface area contributed by atoms with Gasteiger partial charge in [-0.15, -0.1) is 0 Å². The molecule has 2 aliphatic heterocycles. The Morgan fingerprint density at radius 1 is 1.39 bits per heavy atom. The van der Waals surface area contributed by atoms with E-state index in [1.54, 1.807) is 29.1 Å². The van der Waals surface area contributed by atoms with Crippen LogP contribution in [0.5, 0.6) is 5.88 Å². The van der Waals surface area contributed by atoms with Gasteiger partial charge >= 0.3 is 0 Å². The molecule has 0 aliphatic carbocycles. The van der Waals surface area contributed by atoms with E-state index < -0.39 is 0 Å². The smallest absolute Gasteiger partial charge is 0.259 e. The van der Waals surface area contributed by atoms with Gasteiger partial charge in [-0.05, 0) is 25.5 Å². The predicted molar refractivity (Wildman–Crippen MR) is 125 cm³/mol. The lowest BCUT2D eigenvalue weighted by atomic mass is 10.00. The Labute approximate surface area is 196 Å². The molecule has 1 aromatic heterocycles. The van der Waals surface area contributed by atoms with Crippen molar-refractivity contribution in [3.8, 4) is 5.88 Å². The van der Waals surface area contributed by atoms with Crippen molar-refractivity contribution in [2.75, 3.05) is 59.6 Å². The average molecular weight is 461 g/mol. The van der Waals surface area contributed by atoms with Crippen LogP contribution in [0.2, 0.25) is 0 Å². The van der Waals surface area contributed by atoms with Crippen LogP contribution in [0.4, 0.5) is 0 Å². The number of morpholine rings is 1. The van der Waals surface area contributed by atoms with Gasteiger partial charge in [-0.1, -0.05) is 19.1 Å². The number of hydrogen-bond acceptors (Lipinski definition) is 7. The highest BCUT2D eigenvalue weighted by molar-refractivity contribution is 5.97. The Bertz CT molecular complexity index is 855. The fourth-order valence-electron chi connectivity index (χ4n) is 4.06. The van der Waals surface area contributed by atoms with Gasteiger partial charge in [0, 0.05) is 38.8 Å². The molecule has 0 aromatic carbocycles. The molecular formula is C24H36N4O5. The molecule has 1 fully saturated rings. The lowest BCUT2D eigenvalue weighted by Gasteiger charge is -2.38. The molecular weight excluding hydrogens is 424 g/mol. The SMILES string of the molecule is C/C=C/c1cnc2c(c1)C(=O)N([C@H](C)CO)C[C@H](C)[C@H](CN(C)C(=O)CN1CCOCC1)O2. The zero-order chi connectivity index (χ0) is 24.0. The van der Waals surface area contributed by atoms with Crippen LogP contribution in [0.1, 0.15) is 36.7 Å². The molecule has 3 heterocycles. The lowest BCUT2D eigenvalue weighted by Crippen LogP contribution is -2.51. The first-order valence-electron chi connectivity index (χ1n) is 11.6. The second-order valence-electron chi connectivity index (χ2n) is 8.91. The van der Waals surface area contributed by atoms with Gasteiger partial charge in [-0.2, -0.15) is 0 Å². The number of aliphatic hydroxyl groups is 1. The van der Waals surface area contributed by atoms with E-state index in [1.165, 1.54) is 0 Å². The Kier molecular flexibility index (Phi) is 8.82. The minimum absolute atomic E-state index is 0.0167. The molecule has 1 saturated heterocycles. The van der Waals surface area contributed by atoms with Crippen LogP contribution in [0.3, 0.4) is 0 Å². The number of allylic oxidation sites excluding steroid dienone is 1. The molecule has 0 saturated carbocycles. The summed E-state index contributed by atoms with van der Waals surface area (Å²) in [5.41, 5.74) is 1.16. The second-order valence-corrected chi connectivity index (χ2v) is 8.91. The number of carbonyl (C=O) groups is 2. The molecule has 3 rings (SSSR count). The van der Waals surface area contributed by atoms with E-state index >= 15 is 0 Å². The number of aliphatic hydroxyl groups excluding tert-OH is 1. The summed E-state index contributed by atoms with van der Waals surface area (Å²) in [7, 11) is 1.78. The van der Waals surface area contributed by atoms with Gasteiger partial charge < -0.3 is 24.4 Å². The van der Waals surface area contributed by atoms with E-state index in [1.807, 2.05) is 32.9 Å². The van der Waals surface area contributed by atoms with Crippen molar-refractivity contribution in [3.63, 3.8) is 0 Å². The van der Waals surface area contributed by atoms with E-state index in [4.69, 9.17) is 9.47 Å². The first-order valence-corrected chi connectivity index (χ1v) is 11.6. The third kappa shape index (κ3) is 6.31. The molecule has 0 spiro atoms. The van der Waals surface area contributed by atoms with E-state index in [0.717, 1.165) is 18.7 Å². The van der Waals surface area contributed by atoms with Gasteiger partial charge in [-0.3, -0.25) is 14.5 Å². The highest BCUT2D eigenvalue weighted by Crippen LogP contribution is 2.27.